The first-order valence-electron chi connectivity index (χ1n) is 11.8. The number of aromatic nitrogens is 2. The Bertz CT molecular complexity index is 1340. The molecule has 2 saturated heterocycles. The molecule has 2 aromatic heterocycles. The van der Waals surface area contributed by atoms with Crippen LogP contribution in [0.2, 0.25) is 0 Å². The SMILES string of the molecule is CC1Oc2cc(N3CCCC3=O)ccc2-c2cnc(Nc3cncc(N4CCN(C)C4=O)c3)cc21. The van der Waals surface area contributed by atoms with Gasteiger partial charge < -0.3 is 19.9 Å². The molecule has 5 heterocycles. The van der Waals surface area contributed by atoms with Gasteiger partial charge in [-0.3, -0.25) is 14.7 Å². The molecule has 0 saturated carbocycles. The molecular weight excluding hydrogens is 444 g/mol. The van der Waals surface area contributed by atoms with Gasteiger partial charge in [0.2, 0.25) is 5.91 Å². The number of urea groups is 1. The van der Waals surface area contributed by atoms with Crippen LogP contribution in [0.4, 0.5) is 27.7 Å². The summed E-state index contributed by atoms with van der Waals surface area (Å²) in [5.74, 6) is 1.60. The molecule has 3 aliphatic rings. The molecule has 0 spiro atoms. The average Bonchev–Trinajstić information content (AvgIpc) is 3.44. The van der Waals surface area contributed by atoms with Crippen LogP contribution in [-0.4, -0.2) is 53.5 Å². The molecule has 2 fully saturated rings. The van der Waals surface area contributed by atoms with Crippen molar-refractivity contribution in [1.82, 2.24) is 14.9 Å². The molecule has 3 aliphatic heterocycles. The third-order valence-corrected chi connectivity index (χ3v) is 6.84. The minimum atomic E-state index is -0.173. The van der Waals surface area contributed by atoms with E-state index in [0.29, 0.717) is 25.3 Å². The van der Waals surface area contributed by atoms with Crippen molar-refractivity contribution in [2.75, 3.05) is 41.8 Å². The van der Waals surface area contributed by atoms with E-state index < -0.39 is 0 Å². The second-order valence-corrected chi connectivity index (χ2v) is 9.16. The number of nitrogens with one attached hydrogen (secondary N) is 1. The summed E-state index contributed by atoms with van der Waals surface area (Å²) in [7, 11) is 1.79. The Morgan fingerprint density at radius 3 is 2.63 bits per heavy atom. The van der Waals surface area contributed by atoms with Gasteiger partial charge in [-0.15, -0.1) is 0 Å². The lowest BCUT2D eigenvalue weighted by molar-refractivity contribution is -0.117. The van der Waals surface area contributed by atoms with Gasteiger partial charge in [0.05, 0.1) is 23.8 Å². The number of rotatable bonds is 4. The second kappa shape index (κ2) is 8.26. The van der Waals surface area contributed by atoms with Gasteiger partial charge in [-0.1, -0.05) is 0 Å². The van der Waals surface area contributed by atoms with Gasteiger partial charge >= 0.3 is 6.03 Å². The number of nitrogens with zero attached hydrogens (tertiary/aromatic N) is 5. The van der Waals surface area contributed by atoms with Crippen molar-refractivity contribution in [2.45, 2.75) is 25.9 Å². The maximum absolute atomic E-state index is 12.3. The van der Waals surface area contributed by atoms with Crippen LogP contribution in [-0.2, 0) is 4.79 Å². The number of hydrogen-bond donors (Lipinski definition) is 1. The highest BCUT2D eigenvalue weighted by Gasteiger charge is 2.28. The number of hydrogen-bond acceptors (Lipinski definition) is 6. The Labute approximate surface area is 203 Å². The molecule has 0 radical (unpaired) electrons. The number of ether oxygens (including phenoxy) is 1. The molecule has 9 heteroatoms. The fourth-order valence-corrected chi connectivity index (χ4v) is 4.95. The first-order chi connectivity index (χ1) is 17.0. The predicted molar refractivity (Wildman–Crippen MR) is 133 cm³/mol. The van der Waals surface area contributed by atoms with Crippen LogP contribution in [0.3, 0.4) is 0 Å². The second-order valence-electron chi connectivity index (χ2n) is 9.16. The van der Waals surface area contributed by atoms with E-state index >= 15 is 0 Å². The number of anilines is 4. The van der Waals surface area contributed by atoms with Crippen LogP contribution in [0, 0.1) is 0 Å². The number of carbonyl (C=O) groups excluding carboxylic acids is 2. The zero-order valence-corrected chi connectivity index (χ0v) is 19.7. The Kier molecular flexibility index (Phi) is 5.05. The number of fused-ring (bicyclic) bond motifs is 3. The molecule has 0 bridgehead atoms. The fourth-order valence-electron chi connectivity index (χ4n) is 4.95. The van der Waals surface area contributed by atoms with Crippen molar-refractivity contribution in [3.63, 3.8) is 0 Å². The smallest absolute Gasteiger partial charge is 0.324 e. The summed E-state index contributed by atoms with van der Waals surface area (Å²) in [5, 5.41) is 3.31. The number of carbonyl (C=O) groups is 2. The molecule has 3 amide bonds. The third-order valence-electron chi connectivity index (χ3n) is 6.84. The molecule has 6 rings (SSSR count). The monoisotopic (exact) mass is 470 g/mol. The van der Waals surface area contributed by atoms with E-state index in [1.54, 1.807) is 29.2 Å². The van der Waals surface area contributed by atoms with E-state index in [-0.39, 0.29) is 18.0 Å². The number of amides is 3. The van der Waals surface area contributed by atoms with Crippen LogP contribution in [0.1, 0.15) is 31.4 Å². The zero-order valence-electron chi connectivity index (χ0n) is 19.7. The van der Waals surface area contributed by atoms with Gasteiger partial charge in [0.1, 0.15) is 17.7 Å². The highest BCUT2D eigenvalue weighted by atomic mass is 16.5. The molecule has 35 heavy (non-hydrogen) atoms. The van der Waals surface area contributed by atoms with Crippen LogP contribution < -0.4 is 19.9 Å². The molecule has 1 unspecified atom stereocenters. The zero-order chi connectivity index (χ0) is 24.1. The summed E-state index contributed by atoms with van der Waals surface area (Å²) in [5.41, 5.74) is 5.39. The maximum atomic E-state index is 12.3. The van der Waals surface area contributed by atoms with Crippen LogP contribution in [0.25, 0.3) is 11.1 Å². The molecule has 9 nitrogen and oxygen atoms in total. The quantitative estimate of drug-likeness (QED) is 0.610. The van der Waals surface area contributed by atoms with Gasteiger partial charge in [-0.2, -0.15) is 0 Å². The molecule has 1 aromatic carbocycles. The van der Waals surface area contributed by atoms with Crippen molar-refractivity contribution in [2.24, 2.45) is 0 Å². The lowest BCUT2D eigenvalue weighted by Crippen LogP contribution is -2.29. The van der Waals surface area contributed by atoms with Crippen LogP contribution in [0.15, 0.2) is 48.9 Å². The van der Waals surface area contributed by atoms with Gasteiger partial charge in [-0.05, 0) is 37.6 Å². The van der Waals surface area contributed by atoms with E-state index in [1.165, 1.54) is 0 Å². The number of benzene rings is 1. The molecule has 178 valence electrons. The Balaban J connectivity index is 1.26. The molecule has 1 N–H and O–H groups in total. The van der Waals surface area contributed by atoms with Gasteiger partial charge in [0.15, 0.2) is 0 Å². The van der Waals surface area contributed by atoms with Crippen molar-refractivity contribution in [3.05, 3.63) is 54.5 Å². The van der Waals surface area contributed by atoms with Crippen molar-refractivity contribution in [1.29, 1.82) is 0 Å². The van der Waals surface area contributed by atoms with E-state index in [1.807, 2.05) is 48.4 Å². The normalized spacial score (nSPS) is 19.0. The molecule has 1 atom stereocenters. The molecule has 0 aliphatic carbocycles. The standard InChI is InChI=1S/C26H26N6O3/c1-16-21-12-24(29-17-10-19(14-27-13-17)32-9-8-30(2)26(32)34)28-15-22(21)20-6-5-18(11-23(20)35-16)31-7-3-4-25(31)33/h5-6,10-16H,3-4,7-9H2,1-2H3,(H,28,29). The maximum Gasteiger partial charge on any atom is 0.324 e. The first kappa shape index (κ1) is 21.4. The van der Waals surface area contributed by atoms with E-state index in [4.69, 9.17) is 4.74 Å². The molecule has 3 aromatic rings. The summed E-state index contributed by atoms with van der Waals surface area (Å²) in [6.07, 6.45) is 6.57. The summed E-state index contributed by atoms with van der Waals surface area (Å²) in [6.45, 7) is 4.09. The highest BCUT2D eigenvalue weighted by molar-refractivity contribution is 5.96. The number of pyridine rings is 2. The summed E-state index contributed by atoms with van der Waals surface area (Å²) in [4.78, 5) is 38.7. The summed E-state index contributed by atoms with van der Waals surface area (Å²) in [6, 6.07) is 9.80. The van der Waals surface area contributed by atoms with Gasteiger partial charge in [-0.25, -0.2) is 9.78 Å². The minimum Gasteiger partial charge on any atom is -0.485 e. The largest absolute Gasteiger partial charge is 0.485 e. The Hall–Kier alpha value is -4.14. The molecular formula is C26H26N6O3. The minimum absolute atomic E-state index is 0.0299. The topological polar surface area (TPSA) is 90.9 Å². The van der Waals surface area contributed by atoms with E-state index in [0.717, 1.165) is 52.5 Å². The highest BCUT2D eigenvalue weighted by Crippen LogP contribution is 2.44. The van der Waals surface area contributed by atoms with Gasteiger partial charge in [0.25, 0.3) is 0 Å². The van der Waals surface area contributed by atoms with Crippen LogP contribution >= 0.6 is 0 Å². The number of likely N-dealkylation sites (N-methyl/N-ethyl adjacent to an activating group) is 1. The first-order valence-corrected chi connectivity index (χ1v) is 11.8. The Morgan fingerprint density at radius 2 is 1.86 bits per heavy atom. The van der Waals surface area contributed by atoms with Gasteiger partial charge in [0, 0.05) is 67.7 Å². The predicted octanol–water partition coefficient (Wildman–Crippen LogP) is 4.34. The lowest BCUT2D eigenvalue weighted by Gasteiger charge is -2.28. The lowest BCUT2D eigenvalue weighted by atomic mass is 9.94. The third kappa shape index (κ3) is 3.73. The van der Waals surface area contributed by atoms with E-state index in [9.17, 15) is 9.59 Å². The summed E-state index contributed by atoms with van der Waals surface area (Å²) >= 11 is 0. The van der Waals surface area contributed by atoms with Crippen molar-refractivity contribution < 1.29 is 14.3 Å². The van der Waals surface area contributed by atoms with E-state index in [2.05, 4.69) is 15.3 Å². The van der Waals surface area contributed by atoms with Crippen molar-refractivity contribution >= 4 is 34.8 Å². The Morgan fingerprint density at radius 1 is 0.971 bits per heavy atom. The fraction of sp³-hybridized carbons (Fsp3) is 0.308. The summed E-state index contributed by atoms with van der Waals surface area (Å²) < 4.78 is 6.25. The average molecular weight is 471 g/mol. The van der Waals surface area contributed by atoms with Crippen LogP contribution in [0.5, 0.6) is 5.75 Å². The van der Waals surface area contributed by atoms with Crippen molar-refractivity contribution in [3.8, 4) is 16.9 Å².